The highest BCUT2D eigenvalue weighted by Crippen LogP contribution is 2.39. The fraction of sp³-hybridized carbons (Fsp3) is 0.111. The second-order valence-corrected chi connectivity index (χ2v) is 7.54. The summed E-state index contributed by atoms with van der Waals surface area (Å²) in [5, 5.41) is -0.119. The van der Waals surface area contributed by atoms with Crippen molar-refractivity contribution in [3.8, 4) is 0 Å². The lowest BCUT2D eigenvalue weighted by Crippen LogP contribution is -2.17. The summed E-state index contributed by atoms with van der Waals surface area (Å²) in [6, 6.07) is 16.4. The molecule has 0 atom stereocenters. The number of alkyl halides is 3. The molecule has 0 aliphatic rings. The van der Waals surface area contributed by atoms with Gasteiger partial charge in [-0.1, -0.05) is 42.1 Å². The van der Waals surface area contributed by atoms with Gasteiger partial charge in [0.1, 0.15) is 10.6 Å². The second-order valence-electron chi connectivity index (χ2n) is 5.31. The number of nitrogens with zero attached hydrogens (tertiary/aromatic N) is 3. The zero-order valence-electron chi connectivity index (χ0n) is 13.5. The van der Waals surface area contributed by atoms with E-state index in [9.17, 15) is 13.2 Å². The number of para-hydroxylation sites is 1. The van der Waals surface area contributed by atoms with E-state index >= 15 is 0 Å². The van der Waals surface area contributed by atoms with Gasteiger partial charge in [0.25, 0.3) is 0 Å². The van der Waals surface area contributed by atoms with Crippen LogP contribution >= 0.6 is 34.4 Å². The fourth-order valence-corrected chi connectivity index (χ4v) is 3.89. The molecule has 26 heavy (non-hydrogen) atoms. The van der Waals surface area contributed by atoms with E-state index in [2.05, 4.69) is 32.6 Å². The Kier molecular flexibility index (Phi) is 5.71. The van der Waals surface area contributed by atoms with Crippen LogP contribution in [-0.2, 0) is 6.18 Å². The smallest absolute Gasteiger partial charge is 0.313 e. The lowest BCUT2D eigenvalue weighted by Gasteiger charge is -2.20. The van der Waals surface area contributed by atoms with Crippen LogP contribution in [0.1, 0.15) is 5.56 Å². The van der Waals surface area contributed by atoms with Crippen LogP contribution in [0.5, 0.6) is 0 Å². The molecule has 134 valence electrons. The predicted octanol–water partition coefficient (Wildman–Crippen LogP) is 6.02. The number of hydrogen-bond donors (Lipinski definition) is 0. The molecule has 8 heteroatoms. The van der Waals surface area contributed by atoms with E-state index in [1.54, 1.807) is 36.2 Å². The molecule has 0 radical (unpaired) electrons. The van der Waals surface area contributed by atoms with Gasteiger partial charge < -0.3 is 4.90 Å². The van der Waals surface area contributed by atoms with Crippen molar-refractivity contribution in [2.45, 2.75) is 16.1 Å². The highest BCUT2D eigenvalue weighted by atomic mass is 127. The van der Waals surface area contributed by atoms with Crippen LogP contribution in [0, 0.1) is 3.57 Å². The molecule has 1 aromatic heterocycles. The Balaban J connectivity index is 2.03. The summed E-state index contributed by atoms with van der Waals surface area (Å²) in [4.78, 5) is 10.5. The monoisotopic (exact) mass is 487 g/mol. The molecule has 1 heterocycles. The van der Waals surface area contributed by atoms with Gasteiger partial charge in [-0.15, -0.1) is 0 Å². The van der Waals surface area contributed by atoms with Crippen LogP contribution in [0.4, 0.5) is 24.8 Å². The molecule has 0 fully saturated rings. The Labute approximate surface area is 166 Å². The van der Waals surface area contributed by atoms with Crippen molar-refractivity contribution >= 4 is 46.0 Å². The number of hydrogen-bond acceptors (Lipinski definition) is 4. The third-order valence-electron chi connectivity index (χ3n) is 3.52. The zero-order valence-corrected chi connectivity index (χ0v) is 16.5. The maximum atomic E-state index is 13.4. The highest BCUT2D eigenvalue weighted by Gasteiger charge is 2.35. The Hall–Kier alpha value is -1.81. The standard InChI is InChI=1S/C18H13F3IN3S/c1-25(15-10-6-5-9-14(15)22)17-23-11-13(18(19,20)21)16(24-17)26-12-7-3-2-4-8-12/h2-11H,1H3. The molecule has 0 amide bonds. The summed E-state index contributed by atoms with van der Waals surface area (Å²) in [5.41, 5.74) is -0.0187. The molecule has 0 aliphatic carbocycles. The van der Waals surface area contributed by atoms with Gasteiger partial charge in [-0.2, -0.15) is 13.2 Å². The van der Waals surface area contributed by atoms with Crippen molar-refractivity contribution in [2.24, 2.45) is 0 Å². The van der Waals surface area contributed by atoms with Crippen LogP contribution in [0.2, 0.25) is 0 Å². The second kappa shape index (κ2) is 7.83. The van der Waals surface area contributed by atoms with Crippen LogP contribution in [0.25, 0.3) is 0 Å². The first-order valence-electron chi connectivity index (χ1n) is 7.51. The summed E-state index contributed by atoms with van der Waals surface area (Å²) in [7, 11) is 1.73. The Morgan fingerprint density at radius 3 is 2.31 bits per heavy atom. The molecule has 3 nitrogen and oxygen atoms in total. The van der Waals surface area contributed by atoms with Gasteiger partial charge in [-0.05, 0) is 46.9 Å². The molecule has 0 spiro atoms. The van der Waals surface area contributed by atoms with E-state index in [1.807, 2.05) is 30.3 Å². The van der Waals surface area contributed by atoms with E-state index < -0.39 is 11.7 Å². The Bertz CT molecular complexity index is 904. The third kappa shape index (κ3) is 4.29. The maximum absolute atomic E-state index is 13.4. The van der Waals surface area contributed by atoms with Gasteiger partial charge in [0, 0.05) is 21.7 Å². The quantitative estimate of drug-likeness (QED) is 0.333. The molecule has 0 bridgehead atoms. The molecular weight excluding hydrogens is 474 g/mol. The van der Waals surface area contributed by atoms with Crippen molar-refractivity contribution in [2.75, 3.05) is 11.9 Å². The lowest BCUT2D eigenvalue weighted by atomic mass is 10.3. The first kappa shape index (κ1) is 19.0. The fourth-order valence-electron chi connectivity index (χ4n) is 2.22. The minimum Gasteiger partial charge on any atom is -0.313 e. The normalized spacial score (nSPS) is 11.4. The number of aromatic nitrogens is 2. The SMILES string of the molecule is CN(c1ncc(C(F)(F)F)c(Sc2ccccc2)n1)c1ccccc1I. The summed E-state index contributed by atoms with van der Waals surface area (Å²) < 4.78 is 41.0. The number of benzene rings is 2. The summed E-state index contributed by atoms with van der Waals surface area (Å²) >= 11 is 3.14. The maximum Gasteiger partial charge on any atom is 0.420 e. The van der Waals surface area contributed by atoms with Crippen molar-refractivity contribution in [1.29, 1.82) is 0 Å². The average Bonchev–Trinajstić information content (AvgIpc) is 2.61. The Morgan fingerprint density at radius 2 is 1.65 bits per heavy atom. The number of anilines is 2. The van der Waals surface area contributed by atoms with Gasteiger partial charge in [0.2, 0.25) is 5.95 Å². The summed E-state index contributed by atoms with van der Waals surface area (Å²) in [6.07, 6.45) is -3.67. The third-order valence-corrected chi connectivity index (χ3v) is 5.44. The topological polar surface area (TPSA) is 29.0 Å². The number of rotatable bonds is 4. The van der Waals surface area contributed by atoms with E-state index in [-0.39, 0.29) is 11.0 Å². The van der Waals surface area contributed by atoms with Crippen LogP contribution in [0.15, 0.2) is 70.7 Å². The molecule has 2 aromatic carbocycles. The molecule has 0 saturated carbocycles. The molecule has 3 rings (SSSR count). The van der Waals surface area contributed by atoms with E-state index in [4.69, 9.17) is 0 Å². The molecular formula is C18H13F3IN3S. The minimum atomic E-state index is -4.52. The Morgan fingerprint density at radius 1 is 1.00 bits per heavy atom. The van der Waals surface area contributed by atoms with E-state index in [0.717, 1.165) is 27.2 Å². The first-order valence-corrected chi connectivity index (χ1v) is 9.41. The number of halogens is 4. The van der Waals surface area contributed by atoms with E-state index in [1.165, 1.54) is 0 Å². The predicted molar refractivity (Wildman–Crippen MR) is 105 cm³/mol. The summed E-state index contributed by atoms with van der Waals surface area (Å²) in [6.45, 7) is 0. The van der Waals surface area contributed by atoms with Crippen molar-refractivity contribution in [3.05, 3.63) is 69.9 Å². The molecule has 0 aliphatic heterocycles. The van der Waals surface area contributed by atoms with Crippen molar-refractivity contribution in [1.82, 2.24) is 9.97 Å². The van der Waals surface area contributed by atoms with Crippen LogP contribution < -0.4 is 4.90 Å². The minimum absolute atomic E-state index is 0.119. The first-order chi connectivity index (χ1) is 12.4. The highest BCUT2D eigenvalue weighted by molar-refractivity contribution is 14.1. The van der Waals surface area contributed by atoms with E-state index in [0.29, 0.717) is 4.90 Å². The van der Waals surface area contributed by atoms with Gasteiger partial charge in [-0.25, -0.2) is 9.97 Å². The summed E-state index contributed by atoms with van der Waals surface area (Å²) in [5.74, 6) is 0.209. The zero-order chi connectivity index (χ0) is 18.7. The molecule has 0 saturated heterocycles. The van der Waals surface area contributed by atoms with Gasteiger partial charge >= 0.3 is 6.18 Å². The largest absolute Gasteiger partial charge is 0.420 e. The molecule has 0 N–H and O–H groups in total. The van der Waals surface area contributed by atoms with Crippen molar-refractivity contribution < 1.29 is 13.2 Å². The molecule has 3 aromatic rings. The van der Waals surface area contributed by atoms with Crippen LogP contribution in [-0.4, -0.2) is 17.0 Å². The van der Waals surface area contributed by atoms with Gasteiger partial charge in [0.15, 0.2) is 0 Å². The van der Waals surface area contributed by atoms with Crippen LogP contribution in [0.3, 0.4) is 0 Å². The van der Waals surface area contributed by atoms with Gasteiger partial charge in [-0.3, -0.25) is 0 Å². The average molecular weight is 487 g/mol. The van der Waals surface area contributed by atoms with Crippen molar-refractivity contribution in [3.63, 3.8) is 0 Å². The molecule has 0 unspecified atom stereocenters. The lowest BCUT2D eigenvalue weighted by molar-refractivity contribution is -0.140. The van der Waals surface area contributed by atoms with Gasteiger partial charge in [0.05, 0.1) is 5.69 Å².